The van der Waals surface area contributed by atoms with E-state index in [1.54, 1.807) is 7.05 Å². The van der Waals surface area contributed by atoms with Crippen LogP contribution in [-0.2, 0) is 14.4 Å². The van der Waals surface area contributed by atoms with E-state index in [9.17, 15) is 14.4 Å². The molecule has 1 N–H and O–H groups in total. The zero-order valence-corrected chi connectivity index (χ0v) is 9.23. The molecule has 0 aromatic carbocycles. The van der Waals surface area contributed by atoms with E-state index in [-0.39, 0.29) is 23.8 Å². The van der Waals surface area contributed by atoms with Gasteiger partial charge in [-0.1, -0.05) is 0 Å². The molecule has 2 fully saturated rings. The Hall–Kier alpha value is -1.43. The lowest BCUT2D eigenvalue weighted by Gasteiger charge is -2.42. The van der Waals surface area contributed by atoms with Crippen molar-refractivity contribution in [3.05, 3.63) is 0 Å². The number of likely N-dealkylation sites (tertiary alicyclic amines) is 2. The Morgan fingerprint density at radius 1 is 1.31 bits per heavy atom. The number of rotatable bonds is 3. The van der Waals surface area contributed by atoms with Crippen LogP contribution in [0.5, 0.6) is 0 Å². The first-order valence-corrected chi connectivity index (χ1v) is 5.39. The molecule has 0 radical (unpaired) electrons. The monoisotopic (exact) mass is 225 g/mol. The minimum Gasteiger partial charge on any atom is -0.358 e. The molecule has 2 heterocycles. The van der Waals surface area contributed by atoms with Crippen LogP contribution in [0.2, 0.25) is 0 Å². The summed E-state index contributed by atoms with van der Waals surface area (Å²) in [6.45, 7) is 1.57. The summed E-state index contributed by atoms with van der Waals surface area (Å²) < 4.78 is 0. The standard InChI is InChI=1S/C10H15N3O3/c1-11-8(14)6-12-4-7(5-12)13-9(15)2-3-10(13)16/h7H,2-6H2,1H3,(H,11,14). The number of nitrogens with one attached hydrogen (secondary N) is 1. The number of amides is 3. The quantitative estimate of drug-likeness (QED) is 0.598. The van der Waals surface area contributed by atoms with Crippen molar-refractivity contribution in [2.24, 2.45) is 0 Å². The summed E-state index contributed by atoms with van der Waals surface area (Å²) in [5.41, 5.74) is 0. The van der Waals surface area contributed by atoms with Crippen molar-refractivity contribution in [2.75, 3.05) is 26.7 Å². The number of nitrogens with zero attached hydrogens (tertiary/aromatic N) is 2. The molecule has 0 aliphatic carbocycles. The summed E-state index contributed by atoms with van der Waals surface area (Å²) in [4.78, 5) is 37.2. The molecule has 0 atom stereocenters. The maximum atomic E-state index is 11.4. The van der Waals surface area contributed by atoms with Crippen LogP contribution in [0.15, 0.2) is 0 Å². The van der Waals surface area contributed by atoms with Crippen molar-refractivity contribution in [2.45, 2.75) is 18.9 Å². The van der Waals surface area contributed by atoms with Crippen LogP contribution in [0.25, 0.3) is 0 Å². The molecular formula is C10H15N3O3. The second kappa shape index (κ2) is 4.21. The molecule has 0 saturated carbocycles. The molecule has 0 bridgehead atoms. The van der Waals surface area contributed by atoms with Gasteiger partial charge < -0.3 is 5.32 Å². The van der Waals surface area contributed by atoms with E-state index in [1.165, 1.54) is 4.90 Å². The van der Waals surface area contributed by atoms with Crippen LogP contribution >= 0.6 is 0 Å². The van der Waals surface area contributed by atoms with Crippen LogP contribution in [0.1, 0.15) is 12.8 Å². The van der Waals surface area contributed by atoms with E-state index in [4.69, 9.17) is 0 Å². The van der Waals surface area contributed by atoms with Crippen LogP contribution in [0.4, 0.5) is 0 Å². The first-order valence-electron chi connectivity index (χ1n) is 5.39. The van der Waals surface area contributed by atoms with Crippen molar-refractivity contribution in [3.63, 3.8) is 0 Å². The third-order valence-corrected chi connectivity index (χ3v) is 3.04. The van der Waals surface area contributed by atoms with Gasteiger partial charge in [-0.25, -0.2) is 0 Å². The normalized spacial score (nSPS) is 22.4. The molecular weight excluding hydrogens is 210 g/mol. The van der Waals surface area contributed by atoms with Gasteiger partial charge in [0.1, 0.15) is 0 Å². The molecule has 6 nitrogen and oxygen atoms in total. The molecule has 0 aromatic heterocycles. The molecule has 88 valence electrons. The van der Waals surface area contributed by atoms with Crippen LogP contribution < -0.4 is 5.32 Å². The second-order valence-electron chi connectivity index (χ2n) is 4.18. The number of imide groups is 1. The molecule has 0 aromatic rings. The fourth-order valence-electron chi connectivity index (χ4n) is 2.12. The Balaban J connectivity index is 1.82. The van der Waals surface area contributed by atoms with E-state index in [2.05, 4.69) is 5.32 Å². The molecule has 2 aliphatic heterocycles. The van der Waals surface area contributed by atoms with Gasteiger partial charge in [0.05, 0.1) is 12.6 Å². The third-order valence-electron chi connectivity index (χ3n) is 3.04. The highest BCUT2D eigenvalue weighted by atomic mass is 16.2. The SMILES string of the molecule is CNC(=O)CN1CC(N2C(=O)CCC2=O)C1. The van der Waals surface area contributed by atoms with Crippen molar-refractivity contribution < 1.29 is 14.4 Å². The van der Waals surface area contributed by atoms with Gasteiger partial charge in [0.15, 0.2) is 0 Å². The molecule has 2 aliphatic rings. The summed E-state index contributed by atoms with van der Waals surface area (Å²) in [5, 5.41) is 2.54. The predicted molar refractivity (Wildman–Crippen MR) is 55.4 cm³/mol. The Bertz CT molecular complexity index is 320. The zero-order chi connectivity index (χ0) is 11.7. The Kier molecular flexibility index (Phi) is 2.91. The zero-order valence-electron chi connectivity index (χ0n) is 9.23. The van der Waals surface area contributed by atoms with Gasteiger partial charge in [-0.15, -0.1) is 0 Å². The largest absolute Gasteiger partial charge is 0.358 e. The third kappa shape index (κ3) is 1.92. The molecule has 6 heteroatoms. The molecule has 3 amide bonds. The van der Waals surface area contributed by atoms with Gasteiger partial charge in [0.25, 0.3) is 0 Å². The van der Waals surface area contributed by atoms with E-state index < -0.39 is 0 Å². The van der Waals surface area contributed by atoms with Gasteiger partial charge in [-0.2, -0.15) is 0 Å². The van der Waals surface area contributed by atoms with Gasteiger partial charge in [0.2, 0.25) is 17.7 Å². The maximum absolute atomic E-state index is 11.4. The lowest BCUT2D eigenvalue weighted by atomic mass is 10.1. The smallest absolute Gasteiger partial charge is 0.233 e. The average molecular weight is 225 g/mol. The molecule has 2 saturated heterocycles. The minimum atomic E-state index is -0.0745. The van der Waals surface area contributed by atoms with E-state index in [0.29, 0.717) is 32.5 Å². The maximum Gasteiger partial charge on any atom is 0.233 e. The van der Waals surface area contributed by atoms with Gasteiger partial charge in [-0.05, 0) is 0 Å². The van der Waals surface area contributed by atoms with Crippen LogP contribution in [0.3, 0.4) is 0 Å². The Morgan fingerprint density at radius 3 is 2.38 bits per heavy atom. The first kappa shape index (κ1) is 11.1. The van der Waals surface area contributed by atoms with Crippen molar-refractivity contribution in [1.82, 2.24) is 15.1 Å². The minimum absolute atomic E-state index is 0.0212. The molecule has 0 unspecified atom stereocenters. The van der Waals surface area contributed by atoms with Crippen molar-refractivity contribution >= 4 is 17.7 Å². The summed E-state index contributed by atoms with van der Waals surface area (Å²) in [6, 6.07) is -0.0212. The first-order chi connectivity index (χ1) is 7.61. The summed E-state index contributed by atoms with van der Waals surface area (Å²) in [6.07, 6.45) is 0.676. The fourth-order valence-corrected chi connectivity index (χ4v) is 2.12. The summed E-state index contributed by atoms with van der Waals surface area (Å²) in [7, 11) is 1.59. The Labute approximate surface area is 93.6 Å². The highest BCUT2D eigenvalue weighted by Gasteiger charge is 2.41. The van der Waals surface area contributed by atoms with Gasteiger partial charge in [-0.3, -0.25) is 24.2 Å². The van der Waals surface area contributed by atoms with E-state index in [1.807, 2.05) is 4.90 Å². The van der Waals surface area contributed by atoms with Crippen LogP contribution in [0, 0.1) is 0 Å². The lowest BCUT2D eigenvalue weighted by molar-refractivity contribution is -0.145. The van der Waals surface area contributed by atoms with Crippen molar-refractivity contribution in [1.29, 1.82) is 0 Å². The summed E-state index contributed by atoms with van der Waals surface area (Å²) in [5.74, 6) is -0.193. The van der Waals surface area contributed by atoms with Gasteiger partial charge >= 0.3 is 0 Å². The number of carbonyl (C=O) groups excluding carboxylic acids is 3. The number of hydrogen-bond acceptors (Lipinski definition) is 4. The topological polar surface area (TPSA) is 69.7 Å². The van der Waals surface area contributed by atoms with Crippen LogP contribution in [-0.4, -0.2) is 60.2 Å². The predicted octanol–water partition coefficient (Wildman–Crippen LogP) is -1.43. The highest BCUT2D eigenvalue weighted by Crippen LogP contribution is 2.21. The Morgan fingerprint density at radius 2 is 1.88 bits per heavy atom. The molecule has 0 spiro atoms. The number of hydrogen-bond donors (Lipinski definition) is 1. The molecule has 2 rings (SSSR count). The lowest BCUT2D eigenvalue weighted by Crippen LogP contribution is -2.62. The highest BCUT2D eigenvalue weighted by molar-refractivity contribution is 6.02. The van der Waals surface area contributed by atoms with E-state index >= 15 is 0 Å². The van der Waals surface area contributed by atoms with Gasteiger partial charge in [0, 0.05) is 33.0 Å². The number of likely N-dealkylation sites (N-methyl/N-ethyl adjacent to an activating group) is 1. The number of carbonyl (C=O) groups is 3. The molecule has 16 heavy (non-hydrogen) atoms. The fraction of sp³-hybridized carbons (Fsp3) is 0.700. The second-order valence-corrected chi connectivity index (χ2v) is 4.18. The average Bonchev–Trinajstić information content (AvgIpc) is 2.52. The van der Waals surface area contributed by atoms with Crippen molar-refractivity contribution in [3.8, 4) is 0 Å². The summed E-state index contributed by atoms with van der Waals surface area (Å²) >= 11 is 0. The van der Waals surface area contributed by atoms with E-state index in [0.717, 1.165) is 0 Å².